The van der Waals surface area contributed by atoms with Crippen molar-refractivity contribution in [2.45, 2.75) is 12.8 Å². The van der Waals surface area contributed by atoms with Crippen LogP contribution in [0.4, 0.5) is 0 Å². The van der Waals surface area contributed by atoms with Gasteiger partial charge in [-0.3, -0.25) is 4.79 Å². The standard InChI is InChI=1S/C11H12O4/c1-2-3-10(11(14)15)7-4-8(12)6-9(13)5-7/h2-6,10,12-13H,1H3,(H,14,15). The molecular formula is C11H12O4. The monoisotopic (exact) mass is 208 g/mol. The third-order valence-corrected chi connectivity index (χ3v) is 1.93. The summed E-state index contributed by atoms with van der Waals surface area (Å²) in [5, 5.41) is 27.4. The highest BCUT2D eigenvalue weighted by atomic mass is 16.4. The van der Waals surface area contributed by atoms with Crippen LogP contribution in [0.15, 0.2) is 30.4 Å². The van der Waals surface area contributed by atoms with Gasteiger partial charge in [0.15, 0.2) is 0 Å². The van der Waals surface area contributed by atoms with Crippen molar-refractivity contribution in [1.82, 2.24) is 0 Å². The van der Waals surface area contributed by atoms with Crippen molar-refractivity contribution in [2.24, 2.45) is 0 Å². The normalized spacial score (nSPS) is 12.9. The van der Waals surface area contributed by atoms with Crippen LogP contribution < -0.4 is 0 Å². The summed E-state index contributed by atoms with van der Waals surface area (Å²) in [4.78, 5) is 10.9. The molecule has 1 aromatic carbocycles. The summed E-state index contributed by atoms with van der Waals surface area (Å²) in [5.74, 6) is -2.19. The molecule has 1 atom stereocenters. The molecule has 0 aliphatic heterocycles. The van der Waals surface area contributed by atoms with Crippen LogP contribution in [0.3, 0.4) is 0 Å². The molecule has 0 saturated carbocycles. The zero-order chi connectivity index (χ0) is 11.4. The van der Waals surface area contributed by atoms with Gasteiger partial charge >= 0.3 is 5.97 Å². The largest absolute Gasteiger partial charge is 0.508 e. The van der Waals surface area contributed by atoms with E-state index in [0.29, 0.717) is 5.56 Å². The highest BCUT2D eigenvalue weighted by molar-refractivity contribution is 5.78. The minimum absolute atomic E-state index is 0.152. The Labute approximate surface area is 87.1 Å². The average Bonchev–Trinajstić information content (AvgIpc) is 2.11. The molecule has 0 spiro atoms. The minimum atomic E-state index is -1.03. The average molecular weight is 208 g/mol. The molecule has 0 bridgehead atoms. The molecule has 0 aromatic heterocycles. The van der Waals surface area contributed by atoms with Crippen LogP contribution in [0.1, 0.15) is 18.4 Å². The number of hydrogen-bond donors (Lipinski definition) is 3. The highest BCUT2D eigenvalue weighted by Crippen LogP contribution is 2.27. The lowest BCUT2D eigenvalue weighted by atomic mass is 9.98. The van der Waals surface area contributed by atoms with E-state index in [9.17, 15) is 15.0 Å². The first-order chi connectivity index (χ1) is 7.04. The summed E-state index contributed by atoms with van der Waals surface area (Å²) in [6.07, 6.45) is 3.09. The van der Waals surface area contributed by atoms with Crippen molar-refractivity contribution in [3.63, 3.8) is 0 Å². The number of carbonyl (C=O) groups is 1. The van der Waals surface area contributed by atoms with Crippen molar-refractivity contribution in [1.29, 1.82) is 0 Å². The zero-order valence-corrected chi connectivity index (χ0v) is 8.21. The summed E-state index contributed by atoms with van der Waals surface area (Å²) in [6, 6.07) is 3.79. The fourth-order valence-electron chi connectivity index (χ4n) is 1.33. The molecular weight excluding hydrogens is 196 g/mol. The summed E-state index contributed by atoms with van der Waals surface area (Å²) in [6.45, 7) is 1.71. The number of carboxylic acid groups (broad SMARTS) is 1. The lowest BCUT2D eigenvalue weighted by molar-refractivity contribution is -0.137. The topological polar surface area (TPSA) is 77.8 Å². The molecule has 0 amide bonds. The van der Waals surface area contributed by atoms with Crippen LogP contribution in [-0.4, -0.2) is 21.3 Å². The van der Waals surface area contributed by atoms with Gasteiger partial charge in [-0.2, -0.15) is 0 Å². The molecule has 0 saturated heterocycles. The number of aliphatic carboxylic acids is 1. The molecule has 4 heteroatoms. The molecule has 0 aliphatic carbocycles. The van der Waals surface area contributed by atoms with Crippen LogP contribution in [0.2, 0.25) is 0 Å². The second-order valence-electron chi connectivity index (χ2n) is 3.12. The molecule has 15 heavy (non-hydrogen) atoms. The number of benzene rings is 1. The van der Waals surface area contributed by atoms with Gasteiger partial charge in [-0.25, -0.2) is 0 Å². The maximum Gasteiger partial charge on any atom is 0.314 e. The van der Waals surface area contributed by atoms with Gasteiger partial charge in [-0.15, -0.1) is 0 Å². The molecule has 80 valence electrons. The van der Waals surface area contributed by atoms with Crippen molar-refractivity contribution in [3.05, 3.63) is 35.9 Å². The molecule has 0 radical (unpaired) electrons. The molecule has 4 nitrogen and oxygen atoms in total. The van der Waals surface area contributed by atoms with Crippen molar-refractivity contribution in [2.75, 3.05) is 0 Å². The minimum Gasteiger partial charge on any atom is -0.508 e. The van der Waals surface area contributed by atoms with E-state index in [1.54, 1.807) is 13.0 Å². The van der Waals surface area contributed by atoms with E-state index in [2.05, 4.69) is 0 Å². The SMILES string of the molecule is CC=CC(C(=O)O)c1cc(O)cc(O)c1. The van der Waals surface area contributed by atoms with E-state index in [4.69, 9.17) is 5.11 Å². The molecule has 0 fully saturated rings. The van der Waals surface area contributed by atoms with E-state index in [-0.39, 0.29) is 11.5 Å². The molecule has 0 heterocycles. The third kappa shape index (κ3) is 2.74. The molecule has 0 aliphatic rings. The summed E-state index contributed by atoms with van der Waals surface area (Å²) < 4.78 is 0. The van der Waals surface area contributed by atoms with Gasteiger partial charge in [0, 0.05) is 6.07 Å². The summed E-state index contributed by atoms with van der Waals surface area (Å²) in [7, 11) is 0. The number of hydrogen-bond acceptors (Lipinski definition) is 3. The maximum atomic E-state index is 10.9. The summed E-state index contributed by atoms with van der Waals surface area (Å²) in [5.41, 5.74) is 0.345. The van der Waals surface area contributed by atoms with Gasteiger partial charge < -0.3 is 15.3 Å². The first kappa shape index (κ1) is 11.1. The Balaban J connectivity index is 3.16. The van der Waals surface area contributed by atoms with E-state index >= 15 is 0 Å². The zero-order valence-electron chi connectivity index (χ0n) is 8.21. The molecule has 3 N–H and O–H groups in total. The Kier molecular flexibility index (Phi) is 3.33. The van der Waals surface area contributed by atoms with Gasteiger partial charge in [-0.1, -0.05) is 12.2 Å². The van der Waals surface area contributed by atoms with Crippen LogP contribution in [0, 0.1) is 0 Å². The van der Waals surface area contributed by atoms with Gasteiger partial charge in [0.05, 0.1) is 5.92 Å². The Morgan fingerprint density at radius 3 is 2.20 bits per heavy atom. The van der Waals surface area contributed by atoms with E-state index in [1.807, 2.05) is 0 Å². The van der Waals surface area contributed by atoms with E-state index < -0.39 is 11.9 Å². The van der Waals surface area contributed by atoms with Gasteiger partial charge in [0.1, 0.15) is 11.5 Å². The van der Waals surface area contributed by atoms with E-state index in [0.717, 1.165) is 6.07 Å². The second kappa shape index (κ2) is 4.50. The Hall–Kier alpha value is -1.97. The highest BCUT2D eigenvalue weighted by Gasteiger charge is 2.17. The molecule has 1 aromatic rings. The third-order valence-electron chi connectivity index (χ3n) is 1.93. The predicted octanol–water partition coefficient (Wildman–Crippen LogP) is 1.84. The van der Waals surface area contributed by atoms with E-state index in [1.165, 1.54) is 18.2 Å². The van der Waals surface area contributed by atoms with Crippen LogP contribution in [-0.2, 0) is 4.79 Å². The quantitative estimate of drug-likeness (QED) is 0.662. The first-order valence-corrected chi connectivity index (χ1v) is 4.43. The Bertz CT molecular complexity index is 375. The smallest absolute Gasteiger partial charge is 0.314 e. The number of rotatable bonds is 3. The fraction of sp³-hybridized carbons (Fsp3) is 0.182. The lowest BCUT2D eigenvalue weighted by Crippen LogP contribution is -2.08. The number of aromatic hydroxyl groups is 2. The van der Waals surface area contributed by atoms with Crippen LogP contribution in [0.5, 0.6) is 11.5 Å². The lowest BCUT2D eigenvalue weighted by Gasteiger charge is -2.08. The number of allylic oxidation sites excluding steroid dienone is 1. The van der Waals surface area contributed by atoms with Gasteiger partial charge in [-0.05, 0) is 24.6 Å². The van der Waals surface area contributed by atoms with Crippen molar-refractivity contribution < 1.29 is 20.1 Å². The number of phenolic OH excluding ortho intramolecular Hbond substituents is 2. The van der Waals surface area contributed by atoms with Crippen molar-refractivity contribution >= 4 is 5.97 Å². The summed E-state index contributed by atoms with van der Waals surface area (Å²) >= 11 is 0. The predicted molar refractivity (Wildman–Crippen MR) is 55.0 cm³/mol. The van der Waals surface area contributed by atoms with Crippen LogP contribution in [0.25, 0.3) is 0 Å². The second-order valence-corrected chi connectivity index (χ2v) is 3.12. The first-order valence-electron chi connectivity index (χ1n) is 4.43. The molecule has 1 rings (SSSR count). The fourth-order valence-corrected chi connectivity index (χ4v) is 1.33. The van der Waals surface area contributed by atoms with Gasteiger partial charge in [0.2, 0.25) is 0 Å². The van der Waals surface area contributed by atoms with Gasteiger partial charge in [0.25, 0.3) is 0 Å². The molecule has 1 unspecified atom stereocenters. The Morgan fingerprint density at radius 1 is 1.27 bits per heavy atom. The number of phenols is 2. The maximum absolute atomic E-state index is 10.9. The Morgan fingerprint density at radius 2 is 1.80 bits per heavy atom. The van der Waals surface area contributed by atoms with Crippen molar-refractivity contribution in [3.8, 4) is 11.5 Å². The van der Waals surface area contributed by atoms with Crippen LogP contribution >= 0.6 is 0 Å². The number of carboxylic acids is 1.